The minimum atomic E-state index is -1.03. The number of ketones is 1. The molecule has 0 radical (unpaired) electrons. The molecular formula is C24H20FN3O6. The van der Waals surface area contributed by atoms with E-state index < -0.39 is 58.3 Å². The Hall–Kier alpha value is -4.21. The Balaban J connectivity index is 1.74. The van der Waals surface area contributed by atoms with Crippen LogP contribution in [0.4, 0.5) is 10.1 Å². The Morgan fingerprint density at radius 1 is 1.09 bits per heavy atom. The summed E-state index contributed by atoms with van der Waals surface area (Å²) in [6.07, 6.45) is 2.51. The molecule has 1 heterocycles. The molecule has 0 bridgehead atoms. The summed E-state index contributed by atoms with van der Waals surface area (Å²) in [6.45, 7) is 1.10. The zero-order valence-electron chi connectivity index (χ0n) is 18.1. The minimum absolute atomic E-state index is 0.0517. The van der Waals surface area contributed by atoms with Gasteiger partial charge in [0, 0.05) is 11.6 Å². The van der Waals surface area contributed by atoms with E-state index in [1.807, 2.05) is 13.0 Å². The van der Waals surface area contributed by atoms with Crippen molar-refractivity contribution in [2.45, 2.75) is 19.8 Å². The van der Waals surface area contributed by atoms with E-state index in [1.165, 1.54) is 30.3 Å². The largest absolute Gasteiger partial charge is 0.292 e. The van der Waals surface area contributed by atoms with Crippen LogP contribution in [0, 0.1) is 27.8 Å². The van der Waals surface area contributed by atoms with Crippen LogP contribution < -0.4 is 0 Å². The molecule has 2 aromatic rings. The van der Waals surface area contributed by atoms with Crippen LogP contribution in [-0.2, 0) is 9.59 Å². The van der Waals surface area contributed by atoms with Crippen molar-refractivity contribution in [1.82, 2.24) is 10.0 Å². The van der Waals surface area contributed by atoms with Gasteiger partial charge in [0.05, 0.1) is 16.8 Å². The summed E-state index contributed by atoms with van der Waals surface area (Å²) in [5, 5.41) is 12.8. The van der Waals surface area contributed by atoms with Crippen LogP contribution >= 0.6 is 0 Å². The molecule has 0 saturated carbocycles. The van der Waals surface area contributed by atoms with Crippen LogP contribution in [0.1, 0.15) is 40.5 Å². The highest BCUT2D eigenvalue weighted by Gasteiger charge is 2.52. The molecule has 4 rings (SSSR count). The van der Waals surface area contributed by atoms with Crippen molar-refractivity contribution in [1.29, 1.82) is 0 Å². The Morgan fingerprint density at radius 2 is 1.74 bits per heavy atom. The molecule has 1 fully saturated rings. The highest BCUT2D eigenvalue weighted by atomic mass is 19.1. The summed E-state index contributed by atoms with van der Waals surface area (Å²) in [5.74, 6) is -4.91. The van der Waals surface area contributed by atoms with Crippen molar-refractivity contribution >= 4 is 29.2 Å². The Labute approximate surface area is 193 Å². The monoisotopic (exact) mass is 465 g/mol. The lowest BCUT2D eigenvalue weighted by atomic mass is 9.82. The van der Waals surface area contributed by atoms with Crippen molar-refractivity contribution in [2.75, 3.05) is 6.54 Å². The number of rotatable bonds is 6. The highest BCUT2D eigenvalue weighted by Crippen LogP contribution is 2.39. The fraction of sp³-hybridized carbons (Fsp3) is 0.250. The number of imide groups is 1. The summed E-state index contributed by atoms with van der Waals surface area (Å²) >= 11 is 0. The van der Waals surface area contributed by atoms with Gasteiger partial charge in [0.2, 0.25) is 0 Å². The van der Waals surface area contributed by atoms with Gasteiger partial charge in [0.25, 0.3) is 23.4 Å². The van der Waals surface area contributed by atoms with Gasteiger partial charge in [0.1, 0.15) is 17.9 Å². The normalized spacial score (nSPS) is 19.5. The lowest BCUT2D eigenvalue weighted by molar-refractivity contribution is -0.385. The Kier molecular flexibility index (Phi) is 6.06. The molecule has 34 heavy (non-hydrogen) atoms. The number of hydrazine groups is 1. The number of hydrogen-bond acceptors (Lipinski definition) is 6. The number of benzene rings is 2. The maximum absolute atomic E-state index is 13.5. The summed E-state index contributed by atoms with van der Waals surface area (Å²) in [5.41, 5.74) is 0.0870. The molecule has 2 aliphatic rings. The third-order valence-electron chi connectivity index (χ3n) is 6.07. The third-order valence-corrected chi connectivity index (χ3v) is 6.07. The fourth-order valence-corrected chi connectivity index (χ4v) is 4.31. The smallest absolute Gasteiger partial charge is 0.282 e. The average Bonchev–Trinajstić information content (AvgIpc) is 3.06. The number of para-hydroxylation sites is 1. The lowest BCUT2D eigenvalue weighted by Crippen LogP contribution is -2.52. The number of carbonyl (C=O) groups excluding carboxylic acids is 4. The van der Waals surface area contributed by atoms with Crippen LogP contribution in [0.2, 0.25) is 0 Å². The van der Waals surface area contributed by atoms with Crippen LogP contribution in [0.5, 0.6) is 0 Å². The molecule has 2 aromatic carbocycles. The van der Waals surface area contributed by atoms with Gasteiger partial charge in [0.15, 0.2) is 5.78 Å². The second-order valence-corrected chi connectivity index (χ2v) is 8.26. The van der Waals surface area contributed by atoms with Crippen molar-refractivity contribution in [3.05, 3.63) is 87.2 Å². The predicted octanol–water partition coefficient (Wildman–Crippen LogP) is 3.32. The molecule has 3 amide bonds. The molecule has 174 valence electrons. The zero-order chi connectivity index (χ0) is 24.6. The van der Waals surface area contributed by atoms with Gasteiger partial charge in [-0.05, 0) is 50.1 Å². The van der Waals surface area contributed by atoms with E-state index >= 15 is 0 Å². The summed E-state index contributed by atoms with van der Waals surface area (Å²) in [6, 6.07) is 9.65. The number of amides is 3. The van der Waals surface area contributed by atoms with Crippen LogP contribution in [0.25, 0.3) is 0 Å². The molecule has 0 aromatic heterocycles. The number of hydrogen-bond donors (Lipinski definition) is 0. The van der Waals surface area contributed by atoms with Gasteiger partial charge in [-0.2, -0.15) is 5.01 Å². The molecule has 9 nitrogen and oxygen atoms in total. The minimum Gasteiger partial charge on any atom is -0.292 e. The van der Waals surface area contributed by atoms with Gasteiger partial charge in [-0.15, -0.1) is 0 Å². The van der Waals surface area contributed by atoms with Crippen molar-refractivity contribution in [3.8, 4) is 0 Å². The van der Waals surface area contributed by atoms with E-state index in [-0.39, 0.29) is 11.1 Å². The molecule has 0 spiro atoms. The maximum atomic E-state index is 13.5. The summed E-state index contributed by atoms with van der Waals surface area (Å²) in [4.78, 5) is 63.6. The molecule has 10 heteroatoms. The number of carbonyl (C=O) groups is 4. The van der Waals surface area contributed by atoms with Crippen molar-refractivity contribution in [3.63, 3.8) is 0 Å². The number of allylic oxidation sites excluding steroid dienone is 2. The third kappa shape index (κ3) is 4.09. The molecule has 1 saturated heterocycles. The lowest BCUT2D eigenvalue weighted by Gasteiger charge is -2.30. The Bertz CT molecular complexity index is 1240. The molecule has 1 aliphatic carbocycles. The van der Waals surface area contributed by atoms with E-state index in [0.29, 0.717) is 22.9 Å². The van der Waals surface area contributed by atoms with E-state index in [1.54, 1.807) is 0 Å². The van der Waals surface area contributed by atoms with Crippen molar-refractivity contribution in [2.24, 2.45) is 11.8 Å². The molecule has 0 unspecified atom stereocenters. The molecule has 0 N–H and O–H groups in total. The Morgan fingerprint density at radius 3 is 2.41 bits per heavy atom. The summed E-state index contributed by atoms with van der Waals surface area (Å²) < 4.78 is 13.3. The second-order valence-electron chi connectivity index (χ2n) is 8.26. The van der Waals surface area contributed by atoms with Gasteiger partial charge in [-0.25, -0.2) is 9.40 Å². The molecule has 2 atom stereocenters. The number of fused-ring (bicyclic) bond motifs is 1. The first-order valence-corrected chi connectivity index (χ1v) is 10.6. The first kappa shape index (κ1) is 23.0. The standard InChI is InChI=1S/C24H20FN3O6/c1-14-6-11-17-19(12-14)24(32)27(23(17)31)26(13-21(29)15-7-9-16(25)10-8-15)22(30)18-4-2-3-5-20(18)28(33)34/h2-10,17,19H,11-13H2,1H3/t17-,19+/m1/s1. The average molecular weight is 465 g/mol. The van der Waals surface area contributed by atoms with Crippen LogP contribution in [-0.4, -0.2) is 45.0 Å². The predicted molar refractivity (Wildman–Crippen MR) is 117 cm³/mol. The number of halogens is 1. The maximum Gasteiger partial charge on any atom is 0.282 e. The van der Waals surface area contributed by atoms with Crippen LogP contribution in [0.3, 0.4) is 0 Å². The van der Waals surface area contributed by atoms with Gasteiger partial charge in [-0.3, -0.25) is 29.3 Å². The fourth-order valence-electron chi connectivity index (χ4n) is 4.31. The van der Waals surface area contributed by atoms with E-state index in [2.05, 4.69) is 0 Å². The van der Waals surface area contributed by atoms with Gasteiger partial charge < -0.3 is 0 Å². The molecular weight excluding hydrogens is 445 g/mol. The highest BCUT2D eigenvalue weighted by molar-refractivity contribution is 6.10. The molecule has 1 aliphatic heterocycles. The number of nitro groups is 1. The van der Waals surface area contributed by atoms with Gasteiger partial charge in [-0.1, -0.05) is 23.8 Å². The van der Waals surface area contributed by atoms with Crippen LogP contribution in [0.15, 0.2) is 60.2 Å². The topological polar surface area (TPSA) is 118 Å². The van der Waals surface area contributed by atoms with E-state index in [9.17, 15) is 33.7 Å². The van der Waals surface area contributed by atoms with Crippen molar-refractivity contribution < 1.29 is 28.5 Å². The zero-order valence-corrected chi connectivity index (χ0v) is 18.1. The number of nitrogens with zero attached hydrogens (tertiary/aromatic N) is 3. The first-order chi connectivity index (χ1) is 16.2. The summed E-state index contributed by atoms with van der Waals surface area (Å²) in [7, 11) is 0. The van der Waals surface area contributed by atoms with Gasteiger partial charge >= 0.3 is 0 Å². The van der Waals surface area contributed by atoms with E-state index in [0.717, 1.165) is 23.8 Å². The number of Topliss-reactive ketones (excluding diaryl/α,β-unsaturated/α-hetero) is 1. The SMILES string of the molecule is CC1=CC[C@H]2C(=O)N(N(CC(=O)c3ccc(F)cc3)C(=O)c3ccccc3[N+](=O)[O-])C(=O)[C@H]2C1. The first-order valence-electron chi connectivity index (χ1n) is 10.6. The van der Waals surface area contributed by atoms with E-state index in [4.69, 9.17) is 0 Å². The number of nitro benzene ring substituents is 1. The second kappa shape index (κ2) is 8.97. The quantitative estimate of drug-likeness (QED) is 0.212.